The van der Waals surface area contributed by atoms with Gasteiger partial charge in [-0.05, 0) is 82.3 Å². The molecule has 194 valence electrons. The second kappa shape index (κ2) is 12.2. The van der Waals surface area contributed by atoms with Gasteiger partial charge in [0.05, 0.1) is 0 Å². The Morgan fingerprint density at radius 3 is 2.41 bits per heavy atom. The third-order valence-corrected chi connectivity index (χ3v) is 6.67. The third kappa shape index (κ3) is 6.55. The quantitative estimate of drug-likeness (QED) is 0.184. The highest BCUT2D eigenvalue weighted by molar-refractivity contribution is 5.72. The molecule has 0 aliphatic heterocycles. The molecule has 6 heteroatoms. The summed E-state index contributed by atoms with van der Waals surface area (Å²) in [6.07, 6.45) is 9.77. The van der Waals surface area contributed by atoms with Crippen LogP contribution in [-0.2, 0) is 19.5 Å². The summed E-state index contributed by atoms with van der Waals surface area (Å²) in [6, 6.07) is 24.7. The van der Waals surface area contributed by atoms with Gasteiger partial charge < -0.3 is 16.4 Å². The molecule has 4 N–H and O–H groups in total. The number of nitrogen functional groups attached to an aromatic ring is 1. The van der Waals surface area contributed by atoms with E-state index in [-0.39, 0.29) is 0 Å². The van der Waals surface area contributed by atoms with Crippen LogP contribution in [-0.4, -0.2) is 15.0 Å². The van der Waals surface area contributed by atoms with E-state index in [2.05, 4.69) is 75.5 Å². The molecular formula is C33H32N6. The Balaban J connectivity index is 1.27. The van der Waals surface area contributed by atoms with Crippen molar-refractivity contribution in [1.82, 2.24) is 20.3 Å². The number of hydrogen-bond donors (Lipinski definition) is 3. The van der Waals surface area contributed by atoms with Crippen LogP contribution in [0.5, 0.6) is 0 Å². The Labute approximate surface area is 229 Å². The SMILES string of the molecule is C=C(Cc1cc(-c2cncc(CNCc3ccccc3)c2)ccc1N)Nc1nccc(-c2ccncc2)c1C. The first kappa shape index (κ1) is 25.8. The fourth-order valence-electron chi connectivity index (χ4n) is 4.58. The molecule has 5 aromatic rings. The average molecular weight is 513 g/mol. The van der Waals surface area contributed by atoms with Crippen LogP contribution in [0.2, 0.25) is 0 Å². The van der Waals surface area contributed by atoms with E-state index in [1.54, 1.807) is 12.4 Å². The number of anilines is 2. The normalized spacial score (nSPS) is 10.8. The van der Waals surface area contributed by atoms with Gasteiger partial charge in [-0.25, -0.2) is 4.98 Å². The molecule has 3 aromatic heterocycles. The van der Waals surface area contributed by atoms with Gasteiger partial charge in [0.15, 0.2) is 0 Å². The number of allylic oxidation sites excluding steroid dienone is 1. The molecule has 0 unspecified atom stereocenters. The molecule has 0 saturated heterocycles. The highest BCUT2D eigenvalue weighted by atomic mass is 15.0. The summed E-state index contributed by atoms with van der Waals surface area (Å²) in [4.78, 5) is 13.2. The highest BCUT2D eigenvalue weighted by Gasteiger charge is 2.11. The van der Waals surface area contributed by atoms with E-state index in [4.69, 9.17) is 5.73 Å². The predicted molar refractivity (Wildman–Crippen MR) is 160 cm³/mol. The Morgan fingerprint density at radius 1 is 0.795 bits per heavy atom. The third-order valence-electron chi connectivity index (χ3n) is 6.67. The van der Waals surface area contributed by atoms with Crippen LogP contribution in [0.15, 0.2) is 116 Å². The summed E-state index contributed by atoms with van der Waals surface area (Å²) in [5, 5.41) is 6.90. The molecule has 0 bridgehead atoms. The minimum Gasteiger partial charge on any atom is -0.398 e. The number of nitrogens with zero attached hydrogens (tertiary/aromatic N) is 3. The molecule has 0 atom stereocenters. The maximum Gasteiger partial charge on any atom is 0.133 e. The molecule has 0 saturated carbocycles. The number of hydrogen-bond acceptors (Lipinski definition) is 6. The van der Waals surface area contributed by atoms with Gasteiger partial charge in [0.2, 0.25) is 0 Å². The summed E-state index contributed by atoms with van der Waals surface area (Å²) in [6.45, 7) is 7.88. The van der Waals surface area contributed by atoms with Crippen LogP contribution in [0.1, 0.15) is 22.3 Å². The number of rotatable bonds is 10. The summed E-state index contributed by atoms with van der Waals surface area (Å²) >= 11 is 0. The predicted octanol–water partition coefficient (Wildman–Crippen LogP) is 6.55. The van der Waals surface area contributed by atoms with Crippen LogP contribution >= 0.6 is 0 Å². The van der Waals surface area contributed by atoms with E-state index in [1.165, 1.54) is 5.56 Å². The minimum atomic E-state index is 0.575. The second-order valence-electron chi connectivity index (χ2n) is 9.56. The van der Waals surface area contributed by atoms with E-state index in [9.17, 15) is 0 Å². The molecule has 2 aromatic carbocycles. The van der Waals surface area contributed by atoms with Crippen LogP contribution in [0, 0.1) is 6.92 Å². The molecule has 0 spiro atoms. The first-order chi connectivity index (χ1) is 19.1. The number of aromatic nitrogens is 3. The summed E-state index contributed by atoms with van der Waals surface area (Å²) in [7, 11) is 0. The Hall–Kier alpha value is -4.81. The van der Waals surface area contributed by atoms with Gasteiger partial charge >= 0.3 is 0 Å². The maximum absolute atomic E-state index is 6.37. The van der Waals surface area contributed by atoms with Crippen molar-refractivity contribution in [1.29, 1.82) is 0 Å². The van der Waals surface area contributed by atoms with Gasteiger partial charge in [-0.1, -0.05) is 43.0 Å². The number of nitrogens with one attached hydrogen (secondary N) is 2. The van der Waals surface area contributed by atoms with Crippen LogP contribution < -0.4 is 16.4 Å². The molecule has 0 radical (unpaired) electrons. The lowest BCUT2D eigenvalue weighted by atomic mass is 9.99. The summed E-state index contributed by atoms with van der Waals surface area (Å²) < 4.78 is 0. The van der Waals surface area contributed by atoms with Crippen LogP contribution in [0.4, 0.5) is 11.5 Å². The van der Waals surface area contributed by atoms with Crippen molar-refractivity contribution in [2.24, 2.45) is 0 Å². The van der Waals surface area contributed by atoms with Gasteiger partial charge in [-0.15, -0.1) is 0 Å². The molecular weight excluding hydrogens is 480 g/mol. The molecule has 0 fully saturated rings. The smallest absolute Gasteiger partial charge is 0.133 e. The van der Waals surface area contributed by atoms with Gasteiger partial charge in [0, 0.05) is 67.4 Å². The van der Waals surface area contributed by atoms with Crippen molar-refractivity contribution in [3.05, 3.63) is 138 Å². The molecule has 0 aliphatic carbocycles. The fourth-order valence-corrected chi connectivity index (χ4v) is 4.58. The van der Waals surface area contributed by atoms with E-state index in [0.29, 0.717) is 6.42 Å². The average Bonchev–Trinajstić information content (AvgIpc) is 2.96. The molecule has 0 aliphatic rings. The fraction of sp³-hybridized carbons (Fsp3) is 0.121. The van der Waals surface area contributed by atoms with Crippen LogP contribution in [0.3, 0.4) is 0 Å². The molecule has 0 amide bonds. The summed E-state index contributed by atoms with van der Waals surface area (Å²) in [5.41, 5.74) is 16.7. The highest BCUT2D eigenvalue weighted by Crippen LogP contribution is 2.29. The van der Waals surface area contributed by atoms with Gasteiger partial charge in [-0.2, -0.15) is 0 Å². The van der Waals surface area contributed by atoms with Crippen molar-refractivity contribution in [3.8, 4) is 22.3 Å². The van der Waals surface area contributed by atoms with E-state index < -0.39 is 0 Å². The van der Waals surface area contributed by atoms with Crippen molar-refractivity contribution in [3.63, 3.8) is 0 Å². The molecule has 6 nitrogen and oxygen atoms in total. The monoisotopic (exact) mass is 512 g/mol. The van der Waals surface area contributed by atoms with Crippen molar-refractivity contribution in [2.75, 3.05) is 11.1 Å². The zero-order valence-electron chi connectivity index (χ0n) is 22.1. The van der Waals surface area contributed by atoms with Crippen molar-refractivity contribution < 1.29 is 0 Å². The van der Waals surface area contributed by atoms with Crippen LogP contribution in [0.25, 0.3) is 22.3 Å². The van der Waals surface area contributed by atoms with E-state index in [0.717, 1.165) is 69.2 Å². The Kier molecular flexibility index (Phi) is 8.05. The van der Waals surface area contributed by atoms with E-state index >= 15 is 0 Å². The first-order valence-corrected chi connectivity index (χ1v) is 12.9. The Morgan fingerprint density at radius 2 is 1.59 bits per heavy atom. The first-order valence-electron chi connectivity index (χ1n) is 12.9. The minimum absolute atomic E-state index is 0.575. The standard InChI is InChI=1S/C33H32N6/c1-23(39-33-24(2)31(12-15-38-33)27-10-13-35-14-11-27)16-29-18-28(8-9-32(29)34)30-17-26(21-37-22-30)20-36-19-25-6-4-3-5-7-25/h3-15,17-18,21-22,36H,1,16,19-20,34H2,2H3,(H,38,39). The number of nitrogens with two attached hydrogens (primary N) is 1. The van der Waals surface area contributed by atoms with Gasteiger partial charge in [-0.3, -0.25) is 9.97 Å². The largest absolute Gasteiger partial charge is 0.398 e. The lowest BCUT2D eigenvalue weighted by Gasteiger charge is -2.15. The zero-order chi connectivity index (χ0) is 27.0. The number of benzene rings is 2. The Bertz CT molecular complexity index is 1560. The molecule has 39 heavy (non-hydrogen) atoms. The van der Waals surface area contributed by atoms with E-state index in [1.807, 2.05) is 55.0 Å². The lowest BCUT2D eigenvalue weighted by molar-refractivity contribution is 0.691. The molecule has 3 heterocycles. The van der Waals surface area contributed by atoms with Gasteiger partial charge in [0.1, 0.15) is 5.82 Å². The number of pyridine rings is 3. The zero-order valence-corrected chi connectivity index (χ0v) is 22.1. The molecule has 5 rings (SSSR count). The maximum atomic E-state index is 6.37. The lowest BCUT2D eigenvalue weighted by Crippen LogP contribution is -2.12. The summed E-state index contributed by atoms with van der Waals surface area (Å²) in [5.74, 6) is 0.781. The van der Waals surface area contributed by atoms with Crippen molar-refractivity contribution in [2.45, 2.75) is 26.4 Å². The van der Waals surface area contributed by atoms with Crippen molar-refractivity contribution >= 4 is 11.5 Å². The van der Waals surface area contributed by atoms with Gasteiger partial charge in [0.25, 0.3) is 0 Å². The topological polar surface area (TPSA) is 88.8 Å². The second-order valence-corrected chi connectivity index (χ2v) is 9.56.